The molecule has 45 heavy (non-hydrogen) atoms. The summed E-state index contributed by atoms with van der Waals surface area (Å²) >= 11 is 11.5. The largest absolute Gasteiger partial charge is 0.392 e. The number of halogens is 2. The SMILES string of the molecule is CCC1CCNCC1.CCNS(C)(=O)=O.NC(=O)c1ccc(Cl)cc1CNC(=O)C1CCCN1C=O.OCc1ccc(Cl)cc1. The quantitative estimate of drug-likeness (QED) is 0.251. The Hall–Kier alpha value is -2.74. The summed E-state index contributed by atoms with van der Waals surface area (Å²) in [4.78, 5) is 35.8. The number of aliphatic hydroxyl groups is 1. The van der Waals surface area contributed by atoms with E-state index in [0.29, 0.717) is 47.1 Å². The molecule has 2 aromatic carbocycles. The van der Waals surface area contributed by atoms with Crippen molar-refractivity contribution in [2.45, 2.75) is 65.1 Å². The average Bonchev–Trinajstić information content (AvgIpc) is 3.50. The Bertz CT molecular complexity index is 1290. The minimum Gasteiger partial charge on any atom is -0.392 e. The number of carbonyl (C=O) groups is 3. The van der Waals surface area contributed by atoms with Gasteiger partial charge in [0.1, 0.15) is 6.04 Å². The number of benzene rings is 2. The Balaban J connectivity index is 0.000000347. The average molecular weight is 689 g/mol. The highest BCUT2D eigenvalue weighted by Gasteiger charge is 2.29. The van der Waals surface area contributed by atoms with Crippen LogP contribution < -0.4 is 21.1 Å². The van der Waals surface area contributed by atoms with Crippen molar-refractivity contribution in [3.63, 3.8) is 0 Å². The van der Waals surface area contributed by atoms with E-state index in [1.165, 1.54) is 43.3 Å². The number of sulfonamides is 1. The third-order valence-corrected chi connectivity index (χ3v) is 8.36. The minimum atomic E-state index is -2.92. The number of piperidine rings is 1. The molecule has 0 bridgehead atoms. The molecule has 252 valence electrons. The molecule has 2 heterocycles. The summed E-state index contributed by atoms with van der Waals surface area (Å²) < 4.78 is 22.5. The van der Waals surface area contributed by atoms with Gasteiger partial charge in [-0.05, 0) is 86.1 Å². The van der Waals surface area contributed by atoms with E-state index in [-0.39, 0.29) is 19.1 Å². The second kappa shape index (κ2) is 21.9. The van der Waals surface area contributed by atoms with E-state index < -0.39 is 22.0 Å². The van der Waals surface area contributed by atoms with Gasteiger partial charge in [-0.25, -0.2) is 13.1 Å². The number of hydrogen-bond acceptors (Lipinski definition) is 7. The first-order valence-corrected chi connectivity index (χ1v) is 17.6. The molecule has 11 nitrogen and oxygen atoms in total. The Morgan fingerprint density at radius 3 is 2.16 bits per heavy atom. The number of nitrogens with zero attached hydrogens (tertiary/aromatic N) is 1. The van der Waals surface area contributed by atoms with Gasteiger partial charge in [-0.2, -0.15) is 0 Å². The van der Waals surface area contributed by atoms with Crippen LogP contribution in [0.5, 0.6) is 0 Å². The van der Waals surface area contributed by atoms with Gasteiger partial charge in [0.25, 0.3) is 0 Å². The molecule has 6 N–H and O–H groups in total. The van der Waals surface area contributed by atoms with E-state index in [0.717, 1.165) is 24.2 Å². The van der Waals surface area contributed by atoms with E-state index in [1.54, 1.807) is 43.3 Å². The van der Waals surface area contributed by atoms with E-state index >= 15 is 0 Å². The monoisotopic (exact) mass is 687 g/mol. The second-order valence-corrected chi connectivity index (χ2v) is 13.2. The van der Waals surface area contributed by atoms with Crippen molar-refractivity contribution < 1.29 is 27.9 Å². The van der Waals surface area contributed by atoms with Crippen LogP contribution >= 0.6 is 23.2 Å². The number of likely N-dealkylation sites (tertiary alicyclic amines) is 1. The molecule has 0 radical (unpaired) electrons. The number of rotatable bonds is 9. The number of aliphatic hydroxyl groups excluding tert-OH is 1. The van der Waals surface area contributed by atoms with Gasteiger partial charge in [0.2, 0.25) is 28.2 Å². The van der Waals surface area contributed by atoms with Gasteiger partial charge >= 0.3 is 0 Å². The molecule has 14 heteroatoms. The molecule has 0 spiro atoms. The molecule has 4 rings (SSSR count). The third kappa shape index (κ3) is 16.9. The Kier molecular flexibility index (Phi) is 19.6. The molecule has 2 fully saturated rings. The lowest BCUT2D eigenvalue weighted by atomic mass is 9.96. The maximum Gasteiger partial charge on any atom is 0.249 e. The van der Waals surface area contributed by atoms with Crippen LogP contribution in [-0.4, -0.2) is 75.1 Å². The van der Waals surface area contributed by atoms with Crippen LogP contribution in [0.3, 0.4) is 0 Å². The van der Waals surface area contributed by atoms with Gasteiger partial charge in [-0.1, -0.05) is 55.6 Å². The van der Waals surface area contributed by atoms with Crippen LogP contribution in [0.1, 0.15) is 67.4 Å². The lowest BCUT2D eigenvalue weighted by Gasteiger charge is -2.20. The first-order chi connectivity index (χ1) is 21.3. The highest BCUT2D eigenvalue weighted by molar-refractivity contribution is 7.88. The zero-order valence-electron chi connectivity index (χ0n) is 26.2. The predicted octanol–water partition coefficient (Wildman–Crippen LogP) is 3.46. The number of nitrogens with two attached hydrogens (primary N) is 1. The highest BCUT2D eigenvalue weighted by Crippen LogP contribution is 2.18. The molecule has 2 aliphatic heterocycles. The molecule has 0 aliphatic carbocycles. The normalized spacial score (nSPS) is 16.1. The van der Waals surface area contributed by atoms with Crippen LogP contribution in [0.25, 0.3) is 0 Å². The maximum absolute atomic E-state index is 12.1. The van der Waals surface area contributed by atoms with Crippen LogP contribution in [0.15, 0.2) is 42.5 Å². The van der Waals surface area contributed by atoms with Crippen molar-refractivity contribution in [2.75, 3.05) is 32.4 Å². The van der Waals surface area contributed by atoms with Crippen LogP contribution in [0, 0.1) is 5.92 Å². The standard InChI is InChI=1S/C14H16ClN3O3.C7H7ClO.C7H15N.C3H9NO2S/c15-10-3-4-11(13(16)20)9(6-10)7-17-14(21)12-2-1-5-18(12)8-19;8-7-3-1-6(5-9)2-4-7;1-2-7-3-5-8-6-4-7;1-3-4-7(2,5)6/h3-4,6,8,12H,1-2,5,7H2,(H2,16,20)(H,17,21);1-4,9H,5H2;7-8H,2-6H2,1H3;4H,3H2,1-2H3. The molecule has 0 saturated carbocycles. The van der Waals surface area contributed by atoms with E-state index in [2.05, 4.69) is 22.3 Å². The number of primary amides is 1. The van der Waals surface area contributed by atoms with Crippen molar-refractivity contribution in [3.05, 3.63) is 69.2 Å². The highest BCUT2D eigenvalue weighted by atomic mass is 35.5. The summed E-state index contributed by atoms with van der Waals surface area (Å²) in [6.07, 6.45) is 7.44. The van der Waals surface area contributed by atoms with Crippen LogP contribution in [-0.2, 0) is 32.8 Å². The van der Waals surface area contributed by atoms with Crippen molar-refractivity contribution in [3.8, 4) is 0 Å². The lowest BCUT2D eigenvalue weighted by molar-refractivity contribution is -0.131. The number of amides is 3. The molecule has 2 aromatic rings. The Morgan fingerprint density at radius 1 is 1.07 bits per heavy atom. The van der Waals surface area contributed by atoms with E-state index in [4.69, 9.17) is 34.0 Å². The molecular weight excluding hydrogens is 641 g/mol. The summed E-state index contributed by atoms with van der Waals surface area (Å²) in [5.41, 5.74) is 7.05. The van der Waals surface area contributed by atoms with Crippen LogP contribution in [0.4, 0.5) is 0 Å². The van der Waals surface area contributed by atoms with Gasteiger partial charge in [0.15, 0.2) is 0 Å². The van der Waals surface area contributed by atoms with Crippen molar-refractivity contribution >= 4 is 51.4 Å². The fourth-order valence-corrected chi connectivity index (χ4v) is 5.43. The first-order valence-electron chi connectivity index (χ1n) is 14.9. The molecule has 0 aromatic heterocycles. The summed E-state index contributed by atoms with van der Waals surface area (Å²) in [6, 6.07) is 11.3. The molecule has 2 saturated heterocycles. The topological polar surface area (TPSA) is 171 Å². The van der Waals surface area contributed by atoms with Crippen molar-refractivity contribution in [2.24, 2.45) is 11.7 Å². The zero-order chi connectivity index (χ0) is 33.8. The maximum atomic E-state index is 12.1. The second-order valence-electron chi connectivity index (χ2n) is 10.5. The number of hydrogen-bond donors (Lipinski definition) is 5. The number of carbonyl (C=O) groups excluding carboxylic acids is 3. The smallest absolute Gasteiger partial charge is 0.249 e. The first kappa shape index (κ1) is 40.3. The van der Waals surface area contributed by atoms with Gasteiger partial charge in [-0.3, -0.25) is 14.4 Å². The van der Waals surface area contributed by atoms with Crippen molar-refractivity contribution in [1.29, 1.82) is 0 Å². The van der Waals surface area contributed by atoms with Crippen molar-refractivity contribution in [1.82, 2.24) is 20.3 Å². The minimum absolute atomic E-state index is 0.0805. The predicted molar refractivity (Wildman–Crippen MR) is 179 cm³/mol. The Morgan fingerprint density at radius 2 is 1.69 bits per heavy atom. The van der Waals surface area contributed by atoms with Gasteiger partial charge in [0, 0.05) is 35.2 Å². The zero-order valence-corrected chi connectivity index (χ0v) is 28.6. The third-order valence-electron chi connectivity index (χ3n) is 7.06. The summed E-state index contributed by atoms with van der Waals surface area (Å²) in [6.45, 7) is 7.80. The molecule has 1 atom stereocenters. The molecule has 2 aliphatic rings. The van der Waals surface area contributed by atoms with E-state index in [1.807, 2.05) is 0 Å². The molecular formula is C31H47Cl2N5O6S. The Labute approximate surface area is 277 Å². The summed E-state index contributed by atoms with van der Waals surface area (Å²) in [7, 11) is -2.92. The van der Waals surface area contributed by atoms with Gasteiger partial charge in [-0.15, -0.1) is 0 Å². The van der Waals surface area contributed by atoms with Crippen LogP contribution in [0.2, 0.25) is 10.0 Å². The molecule has 3 amide bonds. The summed E-state index contributed by atoms with van der Waals surface area (Å²) in [5, 5.41) is 15.8. The summed E-state index contributed by atoms with van der Waals surface area (Å²) in [5.74, 6) is 0.206. The molecule has 1 unspecified atom stereocenters. The fraction of sp³-hybridized carbons (Fsp3) is 0.516. The number of nitrogens with one attached hydrogen (secondary N) is 3. The van der Waals surface area contributed by atoms with E-state index in [9.17, 15) is 22.8 Å². The van der Waals surface area contributed by atoms with Gasteiger partial charge in [0.05, 0.1) is 12.9 Å². The fourth-order valence-electron chi connectivity index (χ4n) is 4.59. The van der Waals surface area contributed by atoms with Gasteiger partial charge < -0.3 is 26.4 Å². The lowest BCUT2D eigenvalue weighted by Crippen LogP contribution is -2.42.